The molecule has 0 radical (unpaired) electrons. The zero-order valence-electron chi connectivity index (χ0n) is 15.3. The van der Waals surface area contributed by atoms with E-state index in [1.165, 1.54) is 5.69 Å². The second-order valence-corrected chi connectivity index (χ2v) is 7.23. The summed E-state index contributed by atoms with van der Waals surface area (Å²) in [5.74, 6) is 0.103. The van der Waals surface area contributed by atoms with Gasteiger partial charge in [0.25, 0.3) is 0 Å². The lowest BCUT2D eigenvalue weighted by Gasteiger charge is -2.11. The van der Waals surface area contributed by atoms with Crippen molar-refractivity contribution in [1.82, 2.24) is 9.97 Å². The summed E-state index contributed by atoms with van der Waals surface area (Å²) in [6.07, 6.45) is 0.805. The maximum atomic E-state index is 12.0. The number of ketones is 1. The van der Waals surface area contributed by atoms with Gasteiger partial charge < -0.3 is 9.88 Å². The van der Waals surface area contributed by atoms with Crippen LogP contribution >= 0.6 is 11.3 Å². The van der Waals surface area contributed by atoms with Gasteiger partial charge in [-0.05, 0) is 50.1 Å². The molecule has 0 spiro atoms. The van der Waals surface area contributed by atoms with E-state index in [1.54, 1.807) is 18.3 Å². The van der Waals surface area contributed by atoms with Crippen molar-refractivity contribution < 1.29 is 4.79 Å². The molecule has 25 heavy (non-hydrogen) atoms. The van der Waals surface area contributed by atoms with Crippen molar-refractivity contribution in [2.24, 2.45) is 0 Å². The van der Waals surface area contributed by atoms with Crippen molar-refractivity contribution in [2.45, 2.75) is 27.2 Å². The average molecular weight is 353 g/mol. The predicted molar refractivity (Wildman–Crippen MR) is 106 cm³/mol. The van der Waals surface area contributed by atoms with E-state index < -0.39 is 0 Å². The van der Waals surface area contributed by atoms with Crippen molar-refractivity contribution in [3.63, 3.8) is 0 Å². The van der Waals surface area contributed by atoms with Crippen molar-refractivity contribution in [2.75, 3.05) is 19.0 Å². The molecule has 0 bridgehead atoms. The van der Waals surface area contributed by atoms with Crippen LogP contribution in [0.1, 0.15) is 35.5 Å². The number of rotatable bonds is 5. The second kappa shape index (κ2) is 6.84. The van der Waals surface area contributed by atoms with Gasteiger partial charge in [-0.15, -0.1) is 11.3 Å². The van der Waals surface area contributed by atoms with E-state index in [0.29, 0.717) is 0 Å². The van der Waals surface area contributed by atoms with Gasteiger partial charge in [0.05, 0.1) is 11.4 Å². The third kappa shape index (κ3) is 3.24. The third-order valence-corrected chi connectivity index (χ3v) is 5.28. The third-order valence-electron chi connectivity index (χ3n) is 4.39. The zero-order valence-corrected chi connectivity index (χ0v) is 16.1. The number of aromatic amines is 1. The Hall–Kier alpha value is -2.40. The highest BCUT2D eigenvalue weighted by molar-refractivity contribution is 7.13. The SMILES string of the molecule is CCc1c(-c2csc(-c3ccc(N(C)C)cc3)n2)[nH]c(C)c1C(C)=O. The van der Waals surface area contributed by atoms with E-state index in [4.69, 9.17) is 4.98 Å². The number of nitrogens with one attached hydrogen (secondary N) is 1. The molecule has 3 aromatic rings. The van der Waals surface area contributed by atoms with E-state index >= 15 is 0 Å². The number of aromatic nitrogens is 2. The molecule has 0 saturated heterocycles. The van der Waals surface area contributed by atoms with E-state index in [2.05, 4.69) is 46.5 Å². The molecule has 3 rings (SSSR count). The Morgan fingerprint density at radius 2 is 1.92 bits per heavy atom. The van der Waals surface area contributed by atoms with Crippen LogP contribution in [0.25, 0.3) is 22.0 Å². The van der Waals surface area contributed by atoms with Gasteiger partial charge in [-0.1, -0.05) is 6.92 Å². The highest BCUT2D eigenvalue weighted by Crippen LogP contribution is 2.33. The standard InChI is InChI=1S/C20H23N3OS/c1-6-16-18(13(3)24)12(2)21-19(16)17-11-25-20(22-17)14-7-9-15(10-8-14)23(4)5/h7-11,21H,6H2,1-5H3. The maximum absolute atomic E-state index is 12.0. The summed E-state index contributed by atoms with van der Waals surface area (Å²) in [5.41, 5.74) is 6.94. The number of anilines is 1. The van der Waals surface area contributed by atoms with Crippen LogP contribution in [0, 0.1) is 6.92 Å². The molecule has 130 valence electrons. The topological polar surface area (TPSA) is 49.0 Å². The molecule has 2 aromatic heterocycles. The average Bonchev–Trinajstić information content (AvgIpc) is 3.18. The monoisotopic (exact) mass is 353 g/mol. The first-order chi connectivity index (χ1) is 11.9. The molecular weight excluding hydrogens is 330 g/mol. The lowest BCUT2D eigenvalue weighted by Crippen LogP contribution is -2.07. The van der Waals surface area contributed by atoms with Crippen LogP contribution in [-0.2, 0) is 6.42 Å². The van der Waals surface area contributed by atoms with Gasteiger partial charge in [0.2, 0.25) is 0 Å². The van der Waals surface area contributed by atoms with Crippen LogP contribution in [0.15, 0.2) is 29.6 Å². The molecule has 0 unspecified atom stereocenters. The highest BCUT2D eigenvalue weighted by Gasteiger charge is 2.20. The Balaban J connectivity index is 1.99. The molecule has 0 atom stereocenters. The Bertz CT molecular complexity index is 904. The number of hydrogen-bond acceptors (Lipinski definition) is 4. The summed E-state index contributed by atoms with van der Waals surface area (Å²) in [6, 6.07) is 8.39. The Kier molecular flexibility index (Phi) is 4.77. The first-order valence-electron chi connectivity index (χ1n) is 8.38. The number of H-pyrrole nitrogens is 1. The lowest BCUT2D eigenvalue weighted by molar-refractivity contribution is 0.101. The summed E-state index contributed by atoms with van der Waals surface area (Å²) >= 11 is 1.62. The fourth-order valence-corrected chi connectivity index (χ4v) is 3.97. The first kappa shape index (κ1) is 17.4. The van der Waals surface area contributed by atoms with Gasteiger partial charge in [-0.2, -0.15) is 0 Å². The van der Waals surface area contributed by atoms with Gasteiger partial charge in [0.1, 0.15) is 5.01 Å². The number of thiazole rings is 1. The van der Waals surface area contributed by atoms with Crippen LogP contribution < -0.4 is 4.90 Å². The fourth-order valence-electron chi connectivity index (χ4n) is 3.15. The fraction of sp³-hybridized carbons (Fsp3) is 0.300. The van der Waals surface area contributed by atoms with Crippen molar-refractivity contribution >= 4 is 22.8 Å². The quantitative estimate of drug-likeness (QED) is 0.661. The molecule has 2 heterocycles. The van der Waals surface area contributed by atoms with E-state index in [9.17, 15) is 4.79 Å². The van der Waals surface area contributed by atoms with E-state index in [1.807, 2.05) is 21.0 Å². The van der Waals surface area contributed by atoms with Crippen molar-refractivity contribution in [1.29, 1.82) is 0 Å². The summed E-state index contributed by atoms with van der Waals surface area (Å²) in [6.45, 7) is 5.65. The van der Waals surface area contributed by atoms with Gasteiger partial charge in [-0.25, -0.2) is 4.98 Å². The Morgan fingerprint density at radius 3 is 2.48 bits per heavy atom. The molecule has 0 amide bonds. The highest BCUT2D eigenvalue weighted by atomic mass is 32.1. The maximum Gasteiger partial charge on any atom is 0.161 e. The molecular formula is C20H23N3OS. The van der Waals surface area contributed by atoms with Crippen molar-refractivity contribution in [3.8, 4) is 22.0 Å². The van der Waals surface area contributed by atoms with Crippen LogP contribution in [0.5, 0.6) is 0 Å². The summed E-state index contributed by atoms with van der Waals surface area (Å²) in [7, 11) is 4.06. The number of Topliss-reactive ketones (excluding diaryl/α,β-unsaturated/α-hetero) is 1. The number of hydrogen-bond donors (Lipinski definition) is 1. The second-order valence-electron chi connectivity index (χ2n) is 6.37. The largest absolute Gasteiger partial charge is 0.378 e. The summed E-state index contributed by atoms with van der Waals surface area (Å²) in [5, 5.41) is 3.04. The molecule has 1 aromatic carbocycles. The lowest BCUT2D eigenvalue weighted by atomic mass is 10.0. The Morgan fingerprint density at radius 1 is 1.24 bits per heavy atom. The van der Waals surface area contributed by atoms with Gasteiger partial charge >= 0.3 is 0 Å². The normalized spacial score (nSPS) is 10.9. The van der Waals surface area contributed by atoms with Gasteiger partial charge in [0.15, 0.2) is 5.78 Å². The predicted octanol–water partition coefficient (Wildman–Crippen LogP) is 4.94. The van der Waals surface area contributed by atoms with Crippen LogP contribution in [0.3, 0.4) is 0 Å². The van der Waals surface area contributed by atoms with E-state index in [0.717, 1.165) is 45.2 Å². The number of carbonyl (C=O) groups is 1. The zero-order chi connectivity index (χ0) is 18.1. The minimum Gasteiger partial charge on any atom is -0.378 e. The number of benzene rings is 1. The van der Waals surface area contributed by atoms with Crippen LogP contribution in [0.4, 0.5) is 5.69 Å². The van der Waals surface area contributed by atoms with Crippen LogP contribution in [-0.4, -0.2) is 29.8 Å². The van der Waals surface area contributed by atoms with Gasteiger partial charge in [0, 0.05) is 42.0 Å². The minimum atomic E-state index is 0.103. The molecule has 0 aliphatic heterocycles. The summed E-state index contributed by atoms with van der Waals surface area (Å²) in [4.78, 5) is 22.2. The molecule has 0 saturated carbocycles. The molecule has 0 fully saturated rings. The number of carbonyl (C=O) groups excluding carboxylic acids is 1. The molecule has 1 N–H and O–H groups in total. The van der Waals surface area contributed by atoms with Crippen molar-refractivity contribution in [3.05, 3.63) is 46.5 Å². The van der Waals surface area contributed by atoms with Gasteiger partial charge in [-0.3, -0.25) is 4.79 Å². The number of nitrogens with zero attached hydrogens (tertiary/aromatic N) is 2. The Labute approximate surface area is 152 Å². The molecule has 0 aliphatic carbocycles. The first-order valence-corrected chi connectivity index (χ1v) is 9.26. The molecule has 4 nitrogen and oxygen atoms in total. The minimum absolute atomic E-state index is 0.103. The molecule has 5 heteroatoms. The van der Waals surface area contributed by atoms with E-state index in [-0.39, 0.29) is 5.78 Å². The smallest absolute Gasteiger partial charge is 0.161 e. The number of aryl methyl sites for hydroxylation is 1. The summed E-state index contributed by atoms with van der Waals surface area (Å²) < 4.78 is 0. The van der Waals surface area contributed by atoms with Crippen LogP contribution in [0.2, 0.25) is 0 Å². The molecule has 0 aliphatic rings.